The zero-order valence-corrected chi connectivity index (χ0v) is 9.44. The Morgan fingerprint density at radius 3 is 2.65 bits per heavy atom. The zero-order valence-electron chi connectivity index (χ0n) is 8.62. The molecule has 17 heavy (non-hydrogen) atoms. The minimum Gasteiger partial charge on any atom is -0.445 e. The summed E-state index contributed by atoms with van der Waals surface area (Å²) < 4.78 is 10.1. The van der Waals surface area contributed by atoms with Crippen molar-refractivity contribution in [3.05, 3.63) is 30.5 Å². The standard InChI is InChI=1S/C10H9N3O3S/c11-6-1-3-7(4-2-6)15-8-5-13-10(17-8)16-9(12)14/h1-5H,11H2,(H2,12,14). The summed E-state index contributed by atoms with van der Waals surface area (Å²) in [6.07, 6.45) is 0.539. The van der Waals surface area contributed by atoms with E-state index < -0.39 is 6.09 Å². The number of anilines is 1. The predicted molar refractivity (Wildman–Crippen MR) is 63.3 cm³/mol. The Bertz CT molecular complexity index is 524. The SMILES string of the molecule is NC(=O)Oc1ncc(Oc2ccc(N)cc2)s1. The molecule has 1 amide bonds. The van der Waals surface area contributed by atoms with Crippen LogP contribution in [0.2, 0.25) is 0 Å². The van der Waals surface area contributed by atoms with Gasteiger partial charge in [-0.25, -0.2) is 9.78 Å². The first-order valence-corrected chi connectivity index (χ1v) is 5.41. The molecule has 0 spiro atoms. The molecule has 0 atom stereocenters. The van der Waals surface area contributed by atoms with Crippen molar-refractivity contribution < 1.29 is 14.3 Å². The Labute approximate surface area is 101 Å². The first-order chi connectivity index (χ1) is 8.13. The number of carbonyl (C=O) groups excluding carboxylic acids is 1. The van der Waals surface area contributed by atoms with E-state index in [0.29, 0.717) is 16.5 Å². The van der Waals surface area contributed by atoms with Crippen molar-refractivity contribution >= 4 is 23.1 Å². The van der Waals surface area contributed by atoms with Crippen molar-refractivity contribution in [2.24, 2.45) is 5.73 Å². The van der Waals surface area contributed by atoms with E-state index in [-0.39, 0.29) is 5.19 Å². The number of ether oxygens (including phenoxy) is 2. The van der Waals surface area contributed by atoms with Crippen LogP contribution >= 0.6 is 11.3 Å². The van der Waals surface area contributed by atoms with Crippen LogP contribution in [0.25, 0.3) is 0 Å². The van der Waals surface area contributed by atoms with Gasteiger partial charge in [0.1, 0.15) is 5.75 Å². The van der Waals surface area contributed by atoms with Crippen molar-refractivity contribution in [2.45, 2.75) is 0 Å². The summed E-state index contributed by atoms with van der Waals surface area (Å²) in [5, 5.41) is 0.633. The molecular formula is C10H9N3O3S. The Morgan fingerprint density at radius 2 is 2.00 bits per heavy atom. The van der Waals surface area contributed by atoms with Crippen LogP contribution in [0.15, 0.2) is 30.5 Å². The maximum absolute atomic E-state index is 10.5. The van der Waals surface area contributed by atoms with Crippen LogP contribution < -0.4 is 20.9 Å². The number of hydrogen-bond donors (Lipinski definition) is 2. The highest BCUT2D eigenvalue weighted by molar-refractivity contribution is 7.15. The van der Waals surface area contributed by atoms with Gasteiger partial charge in [0, 0.05) is 5.69 Å². The van der Waals surface area contributed by atoms with E-state index in [2.05, 4.69) is 9.72 Å². The van der Waals surface area contributed by atoms with Gasteiger partial charge in [-0.1, -0.05) is 0 Å². The molecule has 1 aromatic heterocycles. The van der Waals surface area contributed by atoms with Gasteiger partial charge in [-0.3, -0.25) is 0 Å². The Morgan fingerprint density at radius 1 is 1.29 bits per heavy atom. The maximum Gasteiger partial charge on any atom is 0.411 e. The van der Waals surface area contributed by atoms with E-state index in [0.717, 1.165) is 11.3 Å². The van der Waals surface area contributed by atoms with Gasteiger partial charge in [-0.15, -0.1) is 0 Å². The maximum atomic E-state index is 10.5. The Balaban J connectivity index is 2.06. The number of nitrogen functional groups attached to an aromatic ring is 1. The molecule has 2 rings (SSSR count). The van der Waals surface area contributed by atoms with E-state index in [1.165, 1.54) is 6.20 Å². The summed E-state index contributed by atoms with van der Waals surface area (Å²) in [5.74, 6) is 0.619. The third-order valence-electron chi connectivity index (χ3n) is 1.75. The highest BCUT2D eigenvalue weighted by Gasteiger charge is 2.07. The van der Waals surface area contributed by atoms with E-state index in [9.17, 15) is 4.79 Å². The third kappa shape index (κ3) is 3.08. The van der Waals surface area contributed by atoms with Gasteiger partial charge in [0.25, 0.3) is 5.19 Å². The second-order valence-electron chi connectivity index (χ2n) is 3.04. The van der Waals surface area contributed by atoms with Crippen molar-refractivity contribution in [1.82, 2.24) is 4.98 Å². The lowest BCUT2D eigenvalue weighted by Gasteiger charge is -2.01. The Hall–Kier alpha value is -2.28. The number of nitrogens with two attached hydrogens (primary N) is 2. The van der Waals surface area contributed by atoms with Crippen LogP contribution in [-0.4, -0.2) is 11.1 Å². The van der Waals surface area contributed by atoms with Crippen LogP contribution in [-0.2, 0) is 0 Å². The summed E-state index contributed by atoms with van der Waals surface area (Å²) >= 11 is 1.07. The average Bonchev–Trinajstić information content (AvgIpc) is 2.68. The summed E-state index contributed by atoms with van der Waals surface area (Å²) in [4.78, 5) is 14.3. The number of benzene rings is 1. The number of primary amides is 1. The molecule has 1 aromatic carbocycles. The molecule has 0 saturated heterocycles. The molecule has 0 aliphatic carbocycles. The fourth-order valence-corrected chi connectivity index (χ4v) is 1.72. The van der Waals surface area contributed by atoms with E-state index in [1.54, 1.807) is 24.3 Å². The molecule has 88 valence electrons. The lowest BCUT2D eigenvalue weighted by molar-refractivity contribution is 0.210. The zero-order chi connectivity index (χ0) is 12.3. The highest BCUT2D eigenvalue weighted by Crippen LogP contribution is 2.31. The second kappa shape index (κ2) is 4.71. The molecule has 6 nitrogen and oxygen atoms in total. The minimum absolute atomic E-state index is 0.142. The molecule has 0 bridgehead atoms. The lowest BCUT2D eigenvalue weighted by atomic mass is 10.3. The molecule has 2 aromatic rings. The molecule has 0 radical (unpaired) electrons. The van der Waals surface area contributed by atoms with Gasteiger partial charge in [0.05, 0.1) is 6.20 Å². The summed E-state index contributed by atoms with van der Waals surface area (Å²) in [5.41, 5.74) is 11.0. The van der Waals surface area contributed by atoms with Gasteiger partial charge >= 0.3 is 6.09 Å². The second-order valence-corrected chi connectivity index (χ2v) is 3.99. The number of aromatic nitrogens is 1. The van der Waals surface area contributed by atoms with Crippen molar-refractivity contribution in [2.75, 3.05) is 5.73 Å². The quantitative estimate of drug-likeness (QED) is 0.812. The van der Waals surface area contributed by atoms with E-state index in [1.807, 2.05) is 0 Å². The normalized spacial score (nSPS) is 9.88. The van der Waals surface area contributed by atoms with Crippen LogP contribution in [0.4, 0.5) is 10.5 Å². The predicted octanol–water partition coefficient (Wildman–Crippen LogP) is 1.98. The lowest BCUT2D eigenvalue weighted by Crippen LogP contribution is -2.15. The van der Waals surface area contributed by atoms with Gasteiger partial charge in [0.15, 0.2) is 0 Å². The van der Waals surface area contributed by atoms with Gasteiger partial charge in [0.2, 0.25) is 5.06 Å². The van der Waals surface area contributed by atoms with Crippen LogP contribution in [0.5, 0.6) is 16.0 Å². The average molecular weight is 251 g/mol. The molecule has 7 heteroatoms. The number of thiazole rings is 1. The number of carbonyl (C=O) groups is 1. The van der Waals surface area contributed by atoms with E-state index in [4.69, 9.17) is 16.2 Å². The fourth-order valence-electron chi connectivity index (χ4n) is 1.08. The van der Waals surface area contributed by atoms with Crippen molar-refractivity contribution in [1.29, 1.82) is 0 Å². The van der Waals surface area contributed by atoms with Crippen LogP contribution in [0.1, 0.15) is 0 Å². The smallest absolute Gasteiger partial charge is 0.411 e. The molecule has 4 N–H and O–H groups in total. The van der Waals surface area contributed by atoms with Crippen LogP contribution in [0.3, 0.4) is 0 Å². The highest BCUT2D eigenvalue weighted by atomic mass is 32.1. The molecule has 0 saturated carbocycles. The van der Waals surface area contributed by atoms with Crippen molar-refractivity contribution in [3.8, 4) is 16.0 Å². The topological polar surface area (TPSA) is 100 Å². The monoisotopic (exact) mass is 251 g/mol. The molecule has 0 aliphatic rings. The fraction of sp³-hybridized carbons (Fsp3) is 0. The first-order valence-electron chi connectivity index (χ1n) is 4.60. The van der Waals surface area contributed by atoms with Crippen molar-refractivity contribution in [3.63, 3.8) is 0 Å². The number of amides is 1. The third-order valence-corrected chi connectivity index (χ3v) is 2.50. The summed E-state index contributed by atoms with van der Waals surface area (Å²) in [7, 11) is 0. The number of nitrogens with zero attached hydrogens (tertiary/aromatic N) is 1. The number of hydrogen-bond acceptors (Lipinski definition) is 6. The van der Waals surface area contributed by atoms with Gasteiger partial charge in [-0.05, 0) is 35.6 Å². The summed E-state index contributed by atoms with van der Waals surface area (Å²) in [6, 6.07) is 6.89. The van der Waals surface area contributed by atoms with Crippen LogP contribution in [0, 0.1) is 0 Å². The largest absolute Gasteiger partial charge is 0.445 e. The van der Waals surface area contributed by atoms with Gasteiger partial charge in [-0.2, -0.15) is 0 Å². The van der Waals surface area contributed by atoms with E-state index >= 15 is 0 Å². The summed E-state index contributed by atoms with van der Waals surface area (Å²) in [6.45, 7) is 0. The number of rotatable bonds is 3. The van der Waals surface area contributed by atoms with Gasteiger partial charge < -0.3 is 20.9 Å². The molecule has 1 heterocycles. The molecule has 0 unspecified atom stereocenters. The molecule has 0 fully saturated rings. The Kier molecular flexibility index (Phi) is 3.10. The molecule has 0 aliphatic heterocycles. The first kappa shape index (κ1) is 11.2. The molecular weight excluding hydrogens is 242 g/mol. The minimum atomic E-state index is -0.904.